The number of benzene rings is 1. The van der Waals surface area contributed by atoms with E-state index < -0.39 is 10.0 Å². The third-order valence-electron chi connectivity index (χ3n) is 3.31. The first kappa shape index (κ1) is 14.7. The van der Waals surface area contributed by atoms with Gasteiger partial charge in [0.25, 0.3) is 0 Å². The Kier molecular flexibility index (Phi) is 4.46. The van der Waals surface area contributed by atoms with Crippen LogP contribution in [-0.2, 0) is 14.8 Å². The van der Waals surface area contributed by atoms with Gasteiger partial charge in [0.2, 0.25) is 15.9 Å². The minimum absolute atomic E-state index is 0.205. The second-order valence-electron chi connectivity index (χ2n) is 4.53. The molecule has 1 aliphatic rings. The summed E-state index contributed by atoms with van der Waals surface area (Å²) in [5.74, 6) is -0.547. The Morgan fingerprint density at radius 2 is 1.74 bits per heavy atom. The van der Waals surface area contributed by atoms with Crippen molar-refractivity contribution < 1.29 is 13.2 Å². The molecule has 1 aliphatic heterocycles. The van der Waals surface area contributed by atoms with Gasteiger partial charge in [-0.1, -0.05) is 0 Å². The zero-order valence-corrected chi connectivity index (χ0v) is 13.2. The molecule has 1 fully saturated rings. The lowest BCUT2D eigenvalue weighted by atomic mass is 9.98. The van der Waals surface area contributed by atoms with Crippen LogP contribution in [0.4, 0.5) is 0 Å². The molecule has 19 heavy (non-hydrogen) atoms. The number of carbonyl (C=O) groups excluding carboxylic acids is 1. The van der Waals surface area contributed by atoms with Crippen LogP contribution < -0.4 is 5.73 Å². The van der Waals surface area contributed by atoms with E-state index in [0.29, 0.717) is 30.8 Å². The molecule has 0 radical (unpaired) electrons. The molecule has 0 aromatic heterocycles. The second kappa shape index (κ2) is 5.76. The number of sulfonamides is 1. The number of halogens is 1. The van der Waals surface area contributed by atoms with E-state index in [4.69, 9.17) is 5.73 Å². The molecule has 2 N–H and O–H groups in total. The molecule has 0 spiro atoms. The summed E-state index contributed by atoms with van der Waals surface area (Å²) < 4.78 is 27.2. The molecule has 7 heteroatoms. The van der Waals surface area contributed by atoms with E-state index in [1.807, 2.05) is 0 Å². The van der Waals surface area contributed by atoms with Crippen molar-refractivity contribution in [2.24, 2.45) is 11.7 Å². The van der Waals surface area contributed by atoms with Crippen LogP contribution in [0, 0.1) is 9.49 Å². The molecule has 0 aliphatic carbocycles. The molecule has 5 nitrogen and oxygen atoms in total. The quantitative estimate of drug-likeness (QED) is 0.782. The van der Waals surface area contributed by atoms with Gasteiger partial charge in [-0.15, -0.1) is 0 Å². The number of piperidine rings is 1. The Morgan fingerprint density at radius 3 is 2.21 bits per heavy atom. The highest BCUT2D eigenvalue weighted by Gasteiger charge is 2.31. The minimum Gasteiger partial charge on any atom is -0.369 e. The molecule has 1 aromatic carbocycles. The zero-order chi connectivity index (χ0) is 14.0. The fraction of sp³-hybridized carbons (Fsp3) is 0.417. The summed E-state index contributed by atoms with van der Waals surface area (Å²) in [4.78, 5) is 11.4. The predicted molar refractivity (Wildman–Crippen MR) is 79.8 cm³/mol. The van der Waals surface area contributed by atoms with Gasteiger partial charge in [-0.05, 0) is 59.7 Å². The normalized spacial score (nSPS) is 18.4. The summed E-state index contributed by atoms with van der Waals surface area (Å²) in [5.41, 5.74) is 5.24. The van der Waals surface area contributed by atoms with Crippen LogP contribution in [0.25, 0.3) is 0 Å². The van der Waals surface area contributed by atoms with Gasteiger partial charge >= 0.3 is 0 Å². The van der Waals surface area contributed by atoms with Gasteiger partial charge < -0.3 is 5.73 Å². The van der Waals surface area contributed by atoms with E-state index in [9.17, 15) is 13.2 Å². The Labute approximate surface area is 126 Å². The Bertz CT molecular complexity index is 563. The van der Waals surface area contributed by atoms with Gasteiger partial charge in [0.15, 0.2) is 0 Å². The van der Waals surface area contributed by atoms with Crippen LogP contribution >= 0.6 is 22.6 Å². The highest BCUT2D eigenvalue weighted by Crippen LogP contribution is 2.24. The van der Waals surface area contributed by atoms with Crippen LogP contribution in [0.1, 0.15) is 12.8 Å². The molecule has 0 saturated carbocycles. The maximum Gasteiger partial charge on any atom is 0.243 e. The summed E-state index contributed by atoms with van der Waals surface area (Å²) in [6.45, 7) is 0.698. The maximum absolute atomic E-state index is 12.4. The largest absolute Gasteiger partial charge is 0.369 e. The molecule has 104 valence electrons. The average Bonchev–Trinajstić information content (AvgIpc) is 2.39. The number of hydrogen-bond donors (Lipinski definition) is 1. The van der Waals surface area contributed by atoms with Crippen molar-refractivity contribution in [2.45, 2.75) is 17.7 Å². The van der Waals surface area contributed by atoms with Crippen molar-refractivity contribution >= 4 is 38.5 Å². The highest BCUT2D eigenvalue weighted by molar-refractivity contribution is 14.1. The molecule has 1 aromatic rings. The van der Waals surface area contributed by atoms with Crippen molar-refractivity contribution in [1.82, 2.24) is 4.31 Å². The third-order valence-corrected chi connectivity index (χ3v) is 5.94. The fourth-order valence-electron chi connectivity index (χ4n) is 2.14. The van der Waals surface area contributed by atoms with Crippen molar-refractivity contribution in [2.75, 3.05) is 13.1 Å². The summed E-state index contributed by atoms with van der Waals surface area (Å²) in [7, 11) is -3.45. The van der Waals surface area contributed by atoms with Crippen LogP contribution in [0.3, 0.4) is 0 Å². The SMILES string of the molecule is NC(=O)C1CCN(S(=O)(=O)c2ccc(I)cc2)CC1. The summed E-state index contributed by atoms with van der Waals surface area (Å²) in [6.07, 6.45) is 0.998. The van der Waals surface area contributed by atoms with Crippen LogP contribution in [0.15, 0.2) is 29.2 Å². The fourth-order valence-corrected chi connectivity index (χ4v) is 3.97. The standard InChI is InChI=1S/C12H15IN2O3S/c13-10-1-3-11(4-2-10)19(17,18)15-7-5-9(6-8-15)12(14)16/h1-4,9H,5-8H2,(H2,14,16). The Hall–Kier alpha value is -0.670. The van der Waals surface area contributed by atoms with E-state index in [0.717, 1.165) is 3.57 Å². The molecular weight excluding hydrogens is 379 g/mol. The number of nitrogens with zero attached hydrogens (tertiary/aromatic N) is 1. The van der Waals surface area contributed by atoms with Crippen LogP contribution in [0.2, 0.25) is 0 Å². The number of rotatable bonds is 3. The van der Waals surface area contributed by atoms with E-state index in [-0.39, 0.29) is 11.8 Å². The topological polar surface area (TPSA) is 80.5 Å². The minimum atomic E-state index is -3.45. The number of carbonyl (C=O) groups is 1. The van der Waals surface area contributed by atoms with Gasteiger partial charge in [0, 0.05) is 22.6 Å². The molecular formula is C12H15IN2O3S. The Morgan fingerprint density at radius 1 is 1.21 bits per heavy atom. The summed E-state index contributed by atoms with van der Waals surface area (Å²) in [6, 6.07) is 6.75. The first-order chi connectivity index (χ1) is 8.91. The predicted octanol–water partition coefficient (Wildman–Crippen LogP) is 1.18. The van der Waals surface area contributed by atoms with E-state index in [1.165, 1.54) is 4.31 Å². The van der Waals surface area contributed by atoms with Crippen molar-refractivity contribution in [3.63, 3.8) is 0 Å². The molecule has 0 bridgehead atoms. The number of hydrogen-bond acceptors (Lipinski definition) is 3. The molecule has 0 atom stereocenters. The lowest BCUT2D eigenvalue weighted by molar-refractivity contribution is -0.122. The van der Waals surface area contributed by atoms with E-state index in [1.54, 1.807) is 24.3 Å². The first-order valence-corrected chi connectivity index (χ1v) is 8.48. The van der Waals surface area contributed by atoms with Gasteiger partial charge in [0.05, 0.1) is 4.90 Å². The molecule has 0 unspecified atom stereocenters. The number of nitrogens with two attached hydrogens (primary N) is 1. The Balaban J connectivity index is 2.14. The zero-order valence-electron chi connectivity index (χ0n) is 10.3. The van der Waals surface area contributed by atoms with E-state index >= 15 is 0 Å². The number of amides is 1. The third kappa shape index (κ3) is 3.26. The van der Waals surface area contributed by atoms with Gasteiger partial charge in [-0.25, -0.2) is 8.42 Å². The monoisotopic (exact) mass is 394 g/mol. The average molecular weight is 394 g/mol. The number of primary amides is 1. The van der Waals surface area contributed by atoms with Gasteiger partial charge in [-0.2, -0.15) is 4.31 Å². The van der Waals surface area contributed by atoms with Crippen LogP contribution in [-0.4, -0.2) is 31.7 Å². The lowest BCUT2D eigenvalue weighted by Crippen LogP contribution is -2.41. The summed E-state index contributed by atoms with van der Waals surface area (Å²) >= 11 is 2.13. The first-order valence-electron chi connectivity index (χ1n) is 5.96. The lowest BCUT2D eigenvalue weighted by Gasteiger charge is -2.29. The summed E-state index contributed by atoms with van der Waals surface area (Å²) in [5, 5.41) is 0. The van der Waals surface area contributed by atoms with Gasteiger partial charge in [-0.3, -0.25) is 4.79 Å². The van der Waals surface area contributed by atoms with E-state index in [2.05, 4.69) is 22.6 Å². The van der Waals surface area contributed by atoms with Gasteiger partial charge in [0.1, 0.15) is 0 Å². The molecule has 2 rings (SSSR count). The molecule has 1 amide bonds. The van der Waals surface area contributed by atoms with Crippen LogP contribution in [0.5, 0.6) is 0 Å². The highest BCUT2D eigenvalue weighted by atomic mass is 127. The second-order valence-corrected chi connectivity index (χ2v) is 7.72. The molecule has 1 saturated heterocycles. The molecule has 1 heterocycles. The van der Waals surface area contributed by atoms with Crippen molar-refractivity contribution in [1.29, 1.82) is 0 Å². The van der Waals surface area contributed by atoms with Crippen molar-refractivity contribution in [3.8, 4) is 0 Å². The maximum atomic E-state index is 12.4. The van der Waals surface area contributed by atoms with Crippen molar-refractivity contribution in [3.05, 3.63) is 27.8 Å². The smallest absolute Gasteiger partial charge is 0.243 e.